The van der Waals surface area contributed by atoms with E-state index in [0.717, 1.165) is 30.8 Å². The van der Waals surface area contributed by atoms with Crippen molar-refractivity contribution in [3.05, 3.63) is 29.3 Å². The number of hydrogen-bond donors (Lipinski definition) is 1. The van der Waals surface area contributed by atoms with E-state index in [2.05, 4.69) is 35.5 Å². The van der Waals surface area contributed by atoms with Crippen molar-refractivity contribution in [3.8, 4) is 0 Å². The van der Waals surface area contributed by atoms with Crippen molar-refractivity contribution in [2.45, 2.75) is 6.04 Å². The molecule has 0 radical (unpaired) electrons. The highest BCUT2D eigenvalue weighted by Gasteiger charge is 2.25. The maximum Gasteiger partial charge on any atom is 0.0813 e. The lowest BCUT2D eigenvalue weighted by atomic mass is 10.1. The normalized spacial score (nSPS) is 23.3. The number of aromatic nitrogens is 1. The van der Waals surface area contributed by atoms with Crippen LogP contribution in [0.2, 0.25) is 0 Å². The van der Waals surface area contributed by atoms with Crippen molar-refractivity contribution in [2.75, 3.05) is 26.7 Å². The zero-order chi connectivity index (χ0) is 11.8. The Morgan fingerprint density at radius 1 is 1.35 bits per heavy atom. The minimum absolute atomic E-state index is 0.207. The molecule has 90 valence electrons. The largest absolute Gasteiger partial charge is 0.303 e. The molecule has 1 saturated heterocycles. The summed E-state index contributed by atoms with van der Waals surface area (Å²) in [5, 5.41) is 3.98. The van der Waals surface area contributed by atoms with Crippen molar-refractivity contribution < 1.29 is 0 Å². The highest BCUT2D eigenvalue weighted by Crippen LogP contribution is 2.25. The van der Waals surface area contributed by atoms with Gasteiger partial charge < -0.3 is 4.90 Å². The molecule has 1 fully saturated rings. The Labute approximate surface area is 105 Å². The van der Waals surface area contributed by atoms with Crippen LogP contribution in [0.15, 0.2) is 23.6 Å². The second-order valence-electron chi connectivity index (χ2n) is 4.56. The molecule has 0 bridgehead atoms. The summed E-state index contributed by atoms with van der Waals surface area (Å²) in [4.78, 5) is 7.00. The predicted octanol–water partition coefficient (Wildman–Crippen LogP) is 1.46. The third kappa shape index (κ3) is 2.07. The van der Waals surface area contributed by atoms with Crippen LogP contribution in [0.4, 0.5) is 0 Å². The van der Waals surface area contributed by atoms with Crippen molar-refractivity contribution in [1.82, 2.24) is 14.9 Å². The summed E-state index contributed by atoms with van der Waals surface area (Å²) >= 11 is 1.73. The second-order valence-corrected chi connectivity index (χ2v) is 5.50. The Balaban J connectivity index is 1.95. The molecule has 3 rings (SSSR count). The molecule has 2 aromatic rings. The van der Waals surface area contributed by atoms with Gasteiger partial charge in [0.15, 0.2) is 0 Å². The van der Waals surface area contributed by atoms with Crippen LogP contribution in [-0.2, 0) is 0 Å². The molecule has 1 unspecified atom stereocenters. The Hall–Kier alpha value is -1.01. The van der Waals surface area contributed by atoms with Gasteiger partial charge >= 0.3 is 0 Å². The number of piperazine rings is 1. The zero-order valence-corrected chi connectivity index (χ0v) is 10.7. The third-order valence-electron chi connectivity index (χ3n) is 3.29. The summed E-state index contributed by atoms with van der Waals surface area (Å²) < 4.78 is 1.24. The van der Waals surface area contributed by atoms with E-state index in [9.17, 15) is 0 Å². The van der Waals surface area contributed by atoms with Crippen LogP contribution in [0.25, 0.3) is 10.2 Å². The number of hydrogen-bond acceptors (Lipinski definition) is 5. The minimum atomic E-state index is 0.207. The van der Waals surface area contributed by atoms with Gasteiger partial charge in [-0.25, -0.2) is 5.01 Å². The molecular formula is C12H16N4S. The van der Waals surface area contributed by atoms with E-state index in [0.29, 0.717) is 0 Å². The van der Waals surface area contributed by atoms with Gasteiger partial charge in [0.05, 0.1) is 22.0 Å². The number of likely N-dealkylation sites (N-methyl/N-ethyl adjacent to an activating group) is 1. The first kappa shape index (κ1) is 11.1. The van der Waals surface area contributed by atoms with Crippen LogP contribution in [0.3, 0.4) is 0 Å². The lowest BCUT2D eigenvalue weighted by Gasteiger charge is -2.36. The SMILES string of the molecule is CN1CCN(N)C(c2ccc3sccc3n2)C1. The first-order valence-electron chi connectivity index (χ1n) is 5.78. The topological polar surface area (TPSA) is 45.4 Å². The Kier molecular flexibility index (Phi) is 2.84. The molecule has 2 N–H and O–H groups in total. The number of hydrazine groups is 1. The lowest BCUT2D eigenvalue weighted by Crippen LogP contribution is -2.50. The zero-order valence-electron chi connectivity index (χ0n) is 9.84. The molecule has 4 nitrogen and oxygen atoms in total. The number of nitrogens with two attached hydrogens (primary N) is 1. The van der Waals surface area contributed by atoms with Crippen LogP contribution < -0.4 is 5.84 Å². The molecule has 0 aromatic carbocycles. The van der Waals surface area contributed by atoms with Crippen molar-refractivity contribution in [2.24, 2.45) is 5.84 Å². The van der Waals surface area contributed by atoms with Crippen molar-refractivity contribution >= 4 is 21.6 Å². The third-order valence-corrected chi connectivity index (χ3v) is 4.17. The molecule has 0 saturated carbocycles. The van der Waals surface area contributed by atoms with E-state index in [1.54, 1.807) is 11.3 Å². The maximum atomic E-state index is 6.06. The van der Waals surface area contributed by atoms with Gasteiger partial charge in [0.1, 0.15) is 0 Å². The summed E-state index contributed by atoms with van der Waals surface area (Å²) in [7, 11) is 2.13. The van der Waals surface area contributed by atoms with Crippen LogP contribution in [-0.4, -0.2) is 41.6 Å². The fourth-order valence-electron chi connectivity index (χ4n) is 2.25. The smallest absolute Gasteiger partial charge is 0.0813 e. The van der Waals surface area contributed by atoms with Gasteiger partial charge in [0.2, 0.25) is 0 Å². The quantitative estimate of drug-likeness (QED) is 0.776. The molecule has 1 atom stereocenters. The minimum Gasteiger partial charge on any atom is -0.303 e. The van der Waals surface area contributed by atoms with Gasteiger partial charge in [-0.2, -0.15) is 0 Å². The number of fused-ring (bicyclic) bond motifs is 1. The molecule has 3 heterocycles. The van der Waals surface area contributed by atoms with Crippen LogP contribution in [0.1, 0.15) is 11.7 Å². The summed E-state index contributed by atoms with van der Waals surface area (Å²) in [5.41, 5.74) is 2.15. The Bertz CT molecular complexity index is 524. The van der Waals surface area contributed by atoms with Gasteiger partial charge in [-0.3, -0.25) is 10.8 Å². The molecule has 17 heavy (non-hydrogen) atoms. The summed E-state index contributed by atoms with van der Waals surface area (Å²) in [6.07, 6.45) is 0. The van der Waals surface area contributed by atoms with Gasteiger partial charge in [0.25, 0.3) is 0 Å². The van der Waals surface area contributed by atoms with Gasteiger partial charge in [-0.1, -0.05) is 0 Å². The average molecular weight is 248 g/mol. The summed E-state index contributed by atoms with van der Waals surface area (Å²) in [5.74, 6) is 6.06. The van der Waals surface area contributed by atoms with Crippen LogP contribution >= 0.6 is 11.3 Å². The van der Waals surface area contributed by atoms with Crippen LogP contribution in [0, 0.1) is 0 Å². The maximum absolute atomic E-state index is 6.06. The van der Waals surface area contributed by atoms with Gasteiger partial charge in [0, 0.05) is 19.6 Å². The van der Waals surface area contributed by atoms with E-state index in [1.165, 1.54) is 4.70 Å². The summed E-state index contributed by atoms with van der Waals surface area (Å²) in [6, 6.07) is 6.52. The number of rotatable bonds is 1. The lowest BCUT2D eigenvalue weighted by molar-refractivity contribution is 0.0883. The van der Waals surface area contributed by atoms with Crippen molar-refractivity contribution in [3.63, 3.8) is 0 Å². The van der Waals surface area contributed by atoms with E-state index in [-0.39, 0.29) is 6.04 Å². The van der Waals surface area contributed by atoms with E-state index < -0.39 is 0 Å². The first-order chi connectivity index (χ1) is 8.24. The molecule has 0 aliphatic carbocycles. The van der Waals surface area contributed by atoms with E-state index in [4.69, 9.17) is 10.8 Å². The highest BCUT2D eigenvalue weighted by atomic mass is 32.1. The molecule has 1 aliphatic rings. The van der Waals surface area contributed by atoms with Crippen molar-refractivity contribution in [1.29, 1.82) is 0 Å². The molecule has 1 aliphatic heterocycles. The first-order valence-corrected chi connectivity index (χ1v) is 6.66. The fraction of sp³-hybridized carbons (Fsp3) is 0.417. The molecule has 2 aromatic heterocycles. The number of pyridine rings is 1. The average Bonchev–Trinajstić information content (AvgIpc) is 2.79. The standard InChI is InChI=1S/C12H16N4S/c1-15-5-6-16(13)11(8-15)9-2-3-12-10(14-9)4-7-17-12/h2-4,7,11H,5-6,8,13H2,1H3. The van der Waals surface area contributed by atoms with Gasteiger partial charge in [-0.15, -0.1) is 11.3 Å². The Morgan fingerprint density at radius 3 is 3.12 bits per heavy atom. The predicted molar refractivity (Wildman–Crippen MR) is 70.8 cm³/mol. The molecule has 5 heteroatoms. The second kappa shape index (κ2) is 4.34. The molecule has 0 spiro atoms. The van der Waals surface area contributed by atoms with E-state index >= 15 is 0 Å². The highest BCUT2D eigenvalue weighted by molar-refractivity contribution is 7.17. The van der Waals surface area contributed by atoms with Gasteiger partial charge in [-0.05, 0) is 30.6 Å². The summed E-state index contributed by atoms with van der Waals surface area (Å²) in [6.45, 7) is 2.86. The number of nitrogens with zero attached hydrogens (tertiary/aromatic N) is 3. The Morgan fingerprint density at radius 2 is 2.24 bits per heavy atom. The van der Waals surface area contributed by atoms with E-state index in [1.807, 2.05) is 5.01 Å². The fourth-order valence-corrected chi connectivity index (χ4v) is 2.98. The molecule has 0 amide bonds. The van der Waals surface area contributed by atoms with Crippen LogP contribution in [0.5, 0.6) is 0 Å². The monoisotopic (exact) mass is 248 g/mol. The molecular weight excluding hydrogens is 232 g/mol. The number of thiophene rings is 1.